The van der Waals surface area contributed by atoms with Gasteiger partial charge in [-0.25, -0.2) is 0 Å². The van der Waals surface area contributed by atoms with Crippen molar-refractivity contribution < 1.29 is 4.74 Å². The van der Waals surface area contributed by atoms with Gasteiger partial charge in [0.15, 0.2) is 0 Å². The lowest BCUT2D eigenvalue weighted by molar-refractivity contribution is -0.0121. The Morgan fingerprint density at radius 1 is 1.44 bits per heavy atom. The average Bonchev–Trinajstić information content (AvgIpc) is 1.77. The molecule has 56 valence electrons. The van der Waals surface area contributed by atoms with E-state index < -0.39 is 0 Å². The minimum absolute atomic E-state index is 0. The van der Waals surface area contributed by atoms with E-state index in [0.717, 1.165) is 13.2 Å². The molecule has 0 spiro atoms. The molecular formula is C6H14ClNO. The van der Waals surface area contributed by atoms with Gasteiger partial charge in [-0.1, -0.05) is 6.92 Å². The summed E-state index contributed by atoms with van der Waals surface area (Å²) in [6.07, 6.45) is 0.270. The molecule has 0 radical (unpaired) electrons. The maximum atomic E-state index is 5.28. The number of halogens is 1. The fourth-order valence-electron chi connectivity index (χ4n) is 0.794. The van der Waals surface area contributed by atoms with Crippen LogP contribution in [0.4, 0.5) is 0 Å². The maximum absolute atomic E-state index is 5.28. The Balaban J connectivity index is 0.000000640. The second-order valence-electron chi connectivity index (χ2n) is 2.49. The van der Waals surface area contributed by atoms with E-state index in [1.807, 2.05) is 6.92 Å². The summed E-state index contributed by atoms with van der Waals surface area (Å²) in [4.78, 5) is 0. The molecule has 2 unspecified atom stereocenters. The van der Waals surface area contributed by atoms with E-state index in [9.17, 15) is 0 Å². The van der Waals surface area contributed by atoms with Crippen LogP contribution >= 0.6 is 12.4 Å². The summed E-state index contributed by atoms with van der Waals surface area (Å²) in [5, 5.41) is 3.21. The lowest BCUT2D eigenvalue weighted by atomic mass is 10.2. The van der Waals surface area contributed by atoms with Crippen LogP contribution in [-0.2, 0) is 4.74 Å². The Morgan fingerprint density at radius 3 is 2.44 bits per heavy atom. The second kappa shape index (κ2) is 4.09. The van der Waals surface area contributed by atoms with Crippen LogP contribution < -0.4 is 5.32 Å². The molecule has 3 heteroatoms. The van der Waals surface area contributed by atoms with Crippen molar-refractivity contribution in [1.82, 2.24) is 5.32 Å². The van der Waals surface area contributed by atoms with Crippen molar-refractivity contribution in [3.63, 3.8) is 0 Å². The number of nitrogens with one attached hydrogen (secondary N) is 1. The van der Waals surface area contributed by atoms with Gasteiger partial charge in [-0.3, -0.25) is 5.32 Å². The molecule has 0 aromatic heterocycles. The average molecular weight is 152 g/mol. The van der Waals surface area contributed by atoms with Gasteiger partial charge >= 0.3 is 0 Å². The molecule has 2 atom stereocenters. The van der Waals surface area contributed by atoms with E-state index >= 15 is 0 Å². The molecule has 0 amide bonds. The molecular weight excluding hydrogens is 138 g/mol. The second-order valence-corrected chi connectivity index (χ2v) is 2.49. The van der Waals surface area contributed by atoms with Gasteiger partial charge in [-0.2, -0.15) is 0 Å². The van der Waals surface area contributed by atoms with Crippen molar-refractivity contribution in [3.05, 3.63) is 0 Å². The highest BCUT2D eigenvalue weighted by atomic mass is 35.5. The molecule has 2 nitrogen and oxygen atoms in total. The lowest BCUT2D eigenvalue weighted by Gasteiger charge is -2.25. The van der Waals surface area contributed by atoms with Crippen LogP contribution in [0.15, 0.2) is 0 Å². The van der Waals surface area contributed by atoms with Crippen molar-refractivity contribution in [2.75, 3.05) is 13.2 Å². The summed E-state index contributed by atoms with van der Waals surface area (Å²) in [6, 6.07) is 0. The Labute approximate surface area is 62.4 Å². The molecule has 1 N–H and O–H groups in total. The molecule has 0 aliphatic carbocycles. The summed E-state index contributed by atoms with van der Waals surface area (Å²) < 4.78 is 5.28. The lowest BCUT2D eigenvalue weighted by Crippen LogP contribution is -2.40. The van der Waals surface area contributed by atoms with Crippen molar-refractivity contribution in [2.24, 2.45) is 5.92 Å². The zero-order chi connectivity index (χ0) is 5.98. The third kappa shape index (κ3) is 3.04. The number of hydrogen-bond donors (Lipinski definition) is 1. The van der Waals surface area contributed by atoms with Crippen LogP contribution in [0.1, 0.15) is 13.8 Å². The van der Waals surface area contributed by atoms with E-state index in [1.165, 1.54) is 0 Å². The van der Waals surface area contributed by atoms with Crippen LogP contribution in [0, 0.1) is 5.92 Å². The molecule has 1 rings (SSSR count). The molecule has 0 saturated carbocycles. The number of ether oxygens (including phenoxy) is 1. The first-order valence-corrected chi connectivity index (χ1v) is 3.14. The highest BCUT2D eigenvalue weighted by Crippen LogP contribution is 2.02. The van der Waals surface area contributed by atoms with Crippen LogP contribution in [0.3, 0.4) is 0 Å². The molecule has 0 bridgehead atoms. The first-order valence-electron chi connectivity index (χ1n) is 3.14. The first kappa shape index (κ1) is 9.21. The van der Waals surface area contributed by atoms with Crippen molar-refractivity contribution in [2.45, 2.75) is 20.1 Å². The van der Waals surface area contributed by atoms with Gasteiger partial charge < -0.3 is 4.74 Å². The highest BCUT2D eigenvalue weighted by Gasteiger charge is 2.12. The van der Waals surface area contributed by atoms with E-state index in [2.05, 4.69) is 12.2 Å². The summed E-state index contributed by atoms with van der Waals surface area (Å²) in [5.41, 5.74) is 0. The van der Waals surface area contributed by atoms with Crippen LogP contribution in [-0.4, -0.2) is 19.4 Å². The van der Waals surface area contributed by atoms with E-state index in [4.69, 9.17) is 4.74 Å². The number of rotatable bonds is 0. The van der Waals surface area contributed by atoms with Crippen LogP contribution in [0.2, 0.25) is 0 Å². The Morgan fingerprint density at radius 2 is 2.11 bits per heavy atom. The predicted molar refractivity (Wildman–Crippen MR) is 39.8 cm³/mol. The zero-order valence-electron chi connectivity index (χ0n) is 5.89. The summed E-state index contributed by atoms with van der Waals surface area (Å²) in [5.74, 6) is 0.686. The molecule has 1 fully saturated rings. The van der Waals surface area contributed by atoms with Crippen LogP contribution in [0.5, 0.6) is 0 Å². The molecule has 9 heavy (non-hydrogen) atoms. The standard InChI is InChI=1S/C6H13NO.ClH/c1-5-3-7-6(2)8-4-5;/h5-7H,3-4H2,1-2H3;1H. The third-order valence-electron chi connectivity index (χ3n) is 1.38. The van der Waals surface area contributed by atoms with Gasteiger partial charge in [-0.05, 0) is 12.8 Å². The van der Waals surface area contributed by atoms with Gasteiger partial charge in [0.25, 0.3) is 0 Å². The maximum Gasteiger partial charge on any atom is 0.105 e. The highest BCUT2D eigenvalue weighted by molar-refractivity contribution is 5.85. The first-order chi connectivity index (χ1) is 3.79. The van der Waals surface area contributed by atoms with E-state index in [1.54, 1.807) is 0 Å². The molecule has 0 aromatic carbocycles. The Bertz CT molecular complexity index is 61.5. The largest absolute Gasteiger partial charge is 0.363 e. The normalized spacial score (nSPS) is 35.3. The Kier molecular flexibility index (Phi) is 4.19. The fourth-order valence-corrected chi connectivity index (χ4v) is 0.794. The van der Waals surface area contributed by atoms with Crippen LogP contribution in [0.25, 0.3) is 0 Å². The van der Waals surface area contributed by atoms with E-state index in [-0.39, 0.29) is 18.6 Å². The fraction of sp³-hybridized carbons (Fsp3) is 1.00. The monoisotopic (exact) mass is 151 g/mol. The summed E-state index contributed by atoms with van der Waals surface area (Å²) in [6.45, 7) is 6.22. The van der Waals surface area contributed by atoms with Crippen molar-refractivity contribution >= 4 is 12.4 Å². The number of hydrogen-bond acceptors (Lipinski definition) is 2. The van der Waals surface area contributed by atoms with Gasteiger partial charge in [-0.15, -0.1) is 12.4 Å². The third-order valence-corrected chi connectivity index (χ3v) is 1.38. The smallest absolute Gasteiger partial charge is 0.105 e. The van der Waals surface area contributed by atoms with E-state index in [0.29, 0.717) is 5.92 Å². The molecule has 0 aromatic rings. The molecule has 1 aliphatic heterocycles. The quantitative estimate of drug-likeness (QED) is 0.558. The van der Waals surface area contributed by atoms with Crippen molar-refractivity contribution in [1.29, 1.82) is 0 Å². The minimum Gasteiger partial charge on any atom is -0.363 e. The molecule has 1 saturated heterocycles. The molecule has 1 aliphatic rings. The molecule has 1 heterocycles. The SMILES string of the molecule is CC1CNC(C)OC1.Cl. The van der Waals surface area contributed by atoms with Gasteiger partial charge in [0.05, 0.1) is 6.61 Å². The van der Waals surface area contributed by atoms with Gasteiger partial charge in [0.2, 0.25) is 0 Å². The van der Waals surface area contributed by atoms with Crippen molar-refractivity contribution in [3.8, 4) is 0 Å². The zero-order valence-corrected chi connectivity index (χ0v) is 6.70. The predicted octanol–water partition coefficient (Wildman–Crippen LogP) is 1.01. The minimum atomic E-state index is 0. The summed E-state index contributed by atoms with van der Waals surface area (Å²) in [7, 11) is 0. The summed E-state index contributed by atoms with van der Waals surface area (Å²) >= 11 is 0. The van der Waals surface area contributed by atoms with Gasteiger partial charge in [0.1, 0.15) is 6.23 Å². The topological polar surface area (TPSA) is 21.3 Å². The Hall–Kier alpha value is 0.210. The van der Waals surface area contributed by atoms with Gasteiger partial charge in [0, 0.05) is 6.54 Å².